The number of hydrogen-bond donors (Lipinski definition) is 0. The van der Waals surface area contributed by atoms with Crippen LogP contribution in [0.25, 0.3) is 22.2 Å². The molecule has 0 saturated heterocycles. The normalized spacial score (nSPS) is 11.8. The van der Waals surface area contributed by atoms with E-state index in [1.54, 1.807) is 43.5 Å². The van der Waals surface area contributed by atoms with Crippen molar-refractivity contribution in [3.05, 3.63) is 78.4 Å². The maximum Gasteiger partial charge on any atom is 0.269 e. The van der Waals surface area contributed by atoms with Crippen LogP contribution in [0.15, 0.2) is 71.8 Å². The summed E-state index contributed by atoms with van der Waals surface area (Å²) in [4.78, 5) is 9.11. The maximum absolute atomic E-state index is 13.2. The van der Waals surface area contributed by atoms with Gasteiger partial charge in [-0.2, -0.15) is 0 Å². The molecule has 0 aliphatic rings. The first-order valence-electron chi connectivity index (χ1n) is 8.21. The lowest BCUT2D eigenvalue weighted by atomic mass is 10.1. The van der Waals surface area contributed by atoms with Crippen molar-refractivity contribution in [3.8, 4) is 11.1 Å². The molecule has 0 amide bonds. The van der Waals surface area contributed by atoms with Gasteiger partial charge >= 0.3 is 0 Å². The number of benzene rings is 2. The summed E-state index contributed by atoms with van der Waals surface area (Å²) in [5, 5.41) is 0.751. The zero-order valence-corrected chi connectivity index (χ0v) is 15.2. The van der Waals surface area contributed by atoms with E-state index in [9.17, 15) is 8.42 Å². The highest BCUT2D eigenvalue weighted by atomic mass is 32.2. The molecule has 2 heterocycles. The Kier molecular flexibility index (Phi) is 3.85. The summed E-state index contributed by atoms with van der Waals surface area (Å²) in [6, 6.07) is 18.1. The minimum Gasteiger partial charge on any atom is -0.238 e. The first-order chi connectivity index (χ1) is 12.5. The Hall–Kier alpha value is -2.99. The molecule has 130 valence electrons. The molecule has 4 aromatic rings. The van der Waals surface area contributed by atoms with Gasteiger partial charge in [-0.05, 0) is 31.5 Å². The molecule has 0 unspecified atom stereocenters. The molecule has 0 aliphatic heterocycles. The highest BCUT2D eigenvalue weighted by molar-refractivity contribution is 7.90. The quantitative estimate of drug-likeness (QED) is 0.553. The molecule has 0 saturated carbocycles. The lowest BCUT2D eigenvalue weighted by Crippen LogP contribution is -2.12. The van der Waals surface area contributed by atoms with Crippen LogP contribution < -0.4 is 0 Å². The second-order valence-electron chi connectivity index (χ2n) is 6.08. The second-order valence-corrected chi connectivity index (χ2v) is 7.89. The predicted molar refractivity (Wildman–Crippen MR) is 101 cm³/mol. The van der Waals surface area contributed by atoms with Gasteiger partial charge in [-0.25, -0.2) is 22.4 Å². The molecule has 2 aromatic heterocycles. The monoisotopic (exact) mass is 363 g/mol. The van der Waals surface area contributed by atoms with Crippen molar-refractivity contribution in [2.45, 2.75) is 18.7 Å². The molecule has 0 atom stereocenters. The van der Waals surface area contributed by atoms with Gasteiger partial charge in [0, 0.05) is 17.1 Å². The number of hydrogen-bond acceptors (Lipinski definition) is 4. The Morgan fingerprint density at radius 3 is 2.12 bits per heavy atom. The number of rotatable bonds is 3. The maximum atomic E-state index is 13.2. The third-order valence-electron chi connectivity index (χ3n) is 4.29. The van der Waals surface area contributed by atoms with Gasteiger partial charge in [0.05, 0.1) is 10.6 Å². The Labute approximate surface area is 152 Å². The van der Waals surface area contributed by atoms with E-state index in [0.29, 0.717) is 11.5 Å². The van der Waals surface area contributed by atoms with Crippen molar-refractivity contribution in [1.29, 1.82) is 0 Å². The minimum atomic E-state index is -3.76. The molecule has 6 heteroatoms. The van der Waals surface area contributed by atoms with E-state index in [1.807, 2.05) is 37.3 Å². The third-order valence-corrected chi connectivity index (χ3v) is 5.96. The van der Waals surface area contributed by atoms with Crippen molar-refractivity contribution in [3.63, 3.8) is 0 Å². The standard InChI is InChI=1S/C20H17N3O2S/c1-14-19-18(16-9-5-3-6-10-16)13-23(20(19)22-15(2)21-14)26(24,25)17-11-7-4-8-12-17/h3-13H,1-2H3. The summed E-state index contributed by atoms with van der Waals surface area (Å²) < 4.78 is 27.7. The first kappa shape index (κ1) is 16.5. The van der Waals surface area contributed by atoms with Crippen molar-refractivity contribution < 1.29 is 8.42 Å². The van der Waals surface area contributed by atoms with Gasteiger partial charge < -0.3 is 0 Å². The van der Waals surface area contributed by atoms with Crippen molar-refractivity contribution in [2.24, 2.45) is 0 Å². The summed E-state index contributed by atoms with van der Waals surface area (Å²) in [6.07, 6.45) is 1.64. The van der Waals surface area contributed by atoms with E-state index in [4.69, 9.17) is 0 Å². The van der Waals surface area contributed by atoms with Gasteiger partial charge in [-0.15, -0.1) is 0 Å². The zero-order valence-electron chi connectivity index (χ0n) is 14.4. The van der Waals surface area contributed by atoms with E-state index in [1.165, 1.54) is 3.97 Å². The van der Waals surface area contributed by atoms with E-state index in [-0.39, 0.29) is 4.90 Å². The Morgan fingerprint density at radius 2 is 1.46 bits per heavy atom. The highest BCUT2D eigenvalue weighted by Crippen LogP contribution is 2.33. The van der Waals surface area contributed by atoms with Crippen molar-refractivity contribution in [2.75, 3.05) is 0 Å². The molecule has 0 bridgehead atoms. The molecule has 0 spiro atoms. The summed E-state index contributed by atoms with van der Waals surface area (Å²) in [5.41, 5.74) is 2.89. The average Bonchev–Trinajstić information content (AvgIpc) is 3.04. The molecule has 5 nitrogen and oxygen atoms in total. The molecule has 0 aliphatic carbocycles. The lowest BCUT2D eigenvalue weighted by molar-refractivity contribution is 0.588. The van der Waals surface area contributed by atoms with Crippen LogP contribution in [0.5, 0.6) is 0 Å². The molecular formula is C20H17N3O2S. The largest absolute Gasteiger partial charge is 0.269 e. The summed E-state index contributed by atoms with van der Waals surface area (Å²) in [6.45, 7) is 3.64. The Balaban J connectivity index is 2.09. The van der Waals surface area contributed by atoms with Gasteiger partial charge in [0.25, 0.3) is 10.0 Å². The van der Waals surface area contributed by atoms with Gasteiger partial charge in [0.2, 0.25) is 0 Å². The summed E-state index contributed by atoms with van der Waals surface area (Å²) >= 11 is 0. The van der Waals surface area contributed by atoms with Crippen molar-refractivity contribution in [1.82, 2.24) is 13.9 Å². The molecule has 4 rings (SSSR count). The average molecular weight is 363 g/mol. The molecule has 0 radical (unpaired) electrons. The van der Waals surface area contributed by atoms with Gasteiger partial charge in [-0.3, -0.25) is 0 Å². The number of fused-ring (bicyclic) bond motifs is 1. The van der Waals surface area contributed by atoms with Crippen molar-refractivity contribution >= 4 is 21.1 Å². The van der Waals surface area contributed by atoms with Crippen LogP contribution in [-0.2, 0) is 10.0 Å². The fourth-order valence-electron chi connectivity index (χ4n) is 3.14. The van der Waals surface area contributed by atoms with Crippen LogP contribution >= 0.6 is 0 Å². The number of aromatic nitrogens is 3. The molecule has 0 N–H and O–H groups in total. The van der Waals surface area contributed by atoms with Crippen LogP contribution in [0.3, 0.4) is 0 Å². The minimum absolute atomic E-state index is 0.227. The van der Waals surface area contributed by atoms with Crippen LogP contribution in [0.2, 0.25) is 0 Å². The van der Waals surface area contributed by atoms with Gasteiger partial charge in [0.15, 0.2) is 5.65 Å². The molecule has 0 fully saturated rings. The second kappa shape index (κ2) is 6.07. The molecule has 2 aromatic carbocycles. The number of nitrogens with zero attached hydrogens (tertiary/aromatic N) is 3. The fraction of sp³-hybridized carbons (Fsp3) is 0.100. The smallest absolute Gasteiger partial charge is 0.238 e. The fourth-order valence-corrected chi connectivity index (χ4v) is 4.47. The lowest BCUT2D eigenvalue weighted by Gasteiger charge is -2.07. The van der Waals surface area contributed by atoms with Crippen LogP contribution in [0.4, 0.5) is 0 Å². The van der Waals surface area contributed by atoms with E-state index in [0.717, 1.165) is 22.2 Å². The SMILES string of the molecule is Cc1nc(C)c2c(-c3ccccc3)cn(S(=O)(=O)c3ccccc3)c2n1. The first-order valence-corrected chi connectivity index (χ1v) is 9.65. The highest BCUT2D eigenvalue weighted by Gasteiger charge is 2.24. The van der Waals surface area contributed by atoms with Crippen LogP contribution in [0.1, 0.15) is 11.5 Å². The van der Waals surface area contributed by atoms with Gasteiger partial charge in [0.1, 0.15) is 5.82 Å². The van der Waals surface area contributed by atoms with E-state index >= 15 is 0 Å². The number of aryl methyl sites for hydroxylation is 2. The third kappa shape index (κ3) is 2.59. The predicted octanol–water partition coefficient (Wildman–Crippen LogP) is 3.95. The Bertz CT molecular complexity index is 1200. The Morgan fingerprint density at radius 1 is 0.846 bits per heavy atom. The van der Waals surface area contributed by atoms with E-state index in [2.05, 4.69) is 9.97 Å². The molecular weight excluding hydrogens is 346 g/mol. The zero-order chi connectivity index (χ0) is 18.3. The topological polar surface area (TPSA) is 64.8 Å². The van der Waals surface area contributed by atoms with Gasteiger partial charge in [-0.1, -0.05) is 48.5 Å². The van der Waals surface area contributed by atoms with Crippen LogP contribution in [0, 0.1) is 13.8 Å². The molecule has 26 heavy (non-hydrogen) atoms. The summed E-state index contributed by atoms with van der Waals surface area (Å²) in [7, 11) is -3.76. The summed E-state index contributed by atoms with van der Waals surface area (Å²) in [5.74, 6) is 0.539. The van der Waals surface area contributed by atoms with Crippen LogP contribution in [-0.4, -0.2) is 22.4 Å². The van der Waals surface area contributed by atoms with E-state index < -0.39 is 10.0 Å².